The fraction of sp³-hybridized carbons (Fsp3) is 0.333. The second kappa shape index (κ2) is 8.00. The molecule has 1 amide bonds. The van der Waals surface area contributed by atoms with Crippen molar-refractivity contribution in [2.24, 2.45) is 0 Å². The van der Waals surface area contributed by atoms with E-state index in [1.165, 1.54) is 0 Å². The number of hydrogen-bond donors (Lipinski definition) is 1. The number of hydrogen-bond acceptors (Lipinski definition) is 6. The molecule has 150 valence electrons. The number of pyridine rings is 1. The Balaban J connectivity index is 1.66. The van der Waals surface area contributed by atoms with E-state index >= 15 is 0 Å². The van der Waals surface area contributed by atoms with Gasteiger partial charge in [0.25, 0.3) is 0 Å². The van der Waals surface area contributed by atoms with Crippen LogP contribution in [0.5, 0.6) is 0 Å². The summed E-state index contributed by atoms with van der Waals surface area (Å²) in [5.41, 5.74) is 10.5. The molecular formula is C21H24N6O2. The van der Waals surface area contributed by atoms with Crippen molar-refractivity contribution < 1.29 is 9.53 Å². The summed E-state index contributed by atoms with van der Waals surface area (Å²) in [6, 6.07) is 10.3. The van der Waals surface area contributed by atoms with E-state index in [1.54, 1.807) is 15.8 Å². The van der Waals surface area contributed by atoms with E-state index in [0.29, 0.717) is 31.2 Å². The van der Waals surface area contributed by atoms with Gasteiger partial charge >= 0.3 is 0 Å². The number of anilines is 1. The molecule has 2 N–H and O–H groups in total. The quantitative estimate of drug-likeness (QED) is 0.670. The average Bonchev–Trinajstić information content (AvgIpc) is 3.25. The Labute approximate surface area is 169 Å². The molecule has 0 saturated carbocycles. The molecule has 1 atom stereocenters. The summed E-state index contributed by atoms with van der Waals surface area (Å²) in [6.07, 6.45) is 4.37. The van der Waals surface area contributed by atoms with Gasteiger partial charge in [0, 0.05) is 29.9 Å². The molecule has 3 heterocycles. The topological polar surface area (TPSA) is 99.2 Å². The summed E-state index contributed by atoms with van der Waals surface area (Å²) in [5.74, 6) is 0.415. The van der Waals surface area contributed by atoms with Crippen molar-refractivity contribution in [2.45, 2.75) is 26.0 Å². The monoisotopic (exact) mass is 392 g/mol. The first-order chi connectivity index (χ1) is 14.0. The maximum atomic E-state index is 11.1. The summed E-state index contributed by atoms with van der Waals surface area (Å²) in [6.45, 7) is 5.80. The Morgan fingerprint density at radius 2 is 2.14 bits per heavy atom. The average molecular weight is 392 g/mol. The minimum Gasteiger partial charge on any atom is -0.383 e. The van der Waals surface area contributed by atoms with Gasteiger partial charge in [-0.25, -0.2) is 9.67 Å². The number of nitrogens with two attached hydrogens (primary N) is 1. The zero-order valence-corrected chi connectivity index (χ0v) is 16.5. The highest BCUT2D eigenvalue weighted by Gasteiger charge is 2.21. The van der Waals surface area contributed by atoms with Crippen LogP contribution in [0.1, 0.15) is 31.6 Å². The van der Waals surface area contributed by atoms with E-state index in [9.17, 15) is 4.79 Å². The SMILES string of the molecule is CC(C)n1cc(-c2cc(-c3cccc(C4CN(C=O)CCO4)c3)cnc2N)nn1. The Kier molecular flexibility index (Phi) is 5.26. The molecule has 1 aliphatic heterocycles. The van der Waals surface area contributed by atoms with Crippen LogP contribution in [-0.2, 0) is 9.53 Å². The maximum absolute atomic E-state index is 11.1. The molecule has 2 aromatic heterocycles. The number of morpholine rings is 1. The standard InChI is InChI=1S/C21H24N6O2/c1-14(2)27-11-19(24-25-27)18-9-17(10-23-21(18)22)15-4-3-5-16(8-15)20-12-26(13-28)6-7-29-20/h3-5,8-11,13-14,20H,6-7,12H2,1-2H3,(H2,22,23). The first-order valence-electron chi connectivity index (χ1n) is 9.64. The van der Waals surface area contributed by atoms with Crippen LogP contribution in [0.15, 0.2) is 42.7 Å². The Bertz CT molecular complexity index is 1020. The summed E-state index contributed by atoms with van der Waals surface area (Å²) < 4.78 is 7.66. The molecule has 3 aromatic rings. The smallest absolute Gasteiger partial charge is 0.209 e. The van der Waals surface area contributed by atoms with Crippen LogP contribution < -0.4 is 5.73 Å². The molecule has 8 nitrogen and oxygen atoms in total. The van der Waals surface area contributed by atoms with Crippen LogP contribution in [-0.4, -0.2) is 51.0 Å². The molecule has 4 rings (SSSR count). The Morgan fingerprint density at radius 3 is 2.90 bits per heavy atom. The molecule has 1 fully saturated rings. The van der Waals surface area contributed by atoms with Crippen LogP contribution >= 0.6 is 0 Å². The first kappa shape index (κ1) is 19.1. The van der Waals surface area contributed by atoms with Gasteiger partial charge in [0.2, 0.25) is 6.41 Å². The lowest BCUT2D eigenvalue weighted by Gasteiger charge is -2.30. The van der Waals surface area contributed by atoms with Gasteiger partial charge in [-0.05, 0) is 37.1 Å². The van der Waals surface area contributed by atoms with Crippen LogP contribution in [0, 0.1) is 0 Å². The largest absolute Gasteiger partial charge is 0.383 e. The predicted octanol–water partition coefficient (Wildman–Crippen LogP) is 2.70. The number of carbonyl (C=O) groups excluding carboxylic acids is 1. The second-order valence-corrected chi connectivity index (χ2v) is 7.42. The maximum Gasteiger partial charge on any atom is 0.209 e. The number of nitrogens with zero attached hydrogens (tertiary/aromatic N) is 5. The minimum atomic E-state index is -0.138. The Morgan fingerprint density at radius 1 is 1.28 bits per heavy atom. The van der Waals surface area contributed by atoms with Gasteiger partial charge in [-0.2, -0.15) is 0 Å². The van der Waals surface area contributed by atoms with Crippen molar-refractivity contribution in [3.05, 3.63) is 48.3 Å². The van der Waals surface area contributed by atoms with Crippen molar-refractivity contribution >= 4 is 12.2 Å². The summed E-state index contributed by atoms with van der Waals surface area (Å²) in [7, 11) is 0. The van der Waals surface area contributed by atoms with E-state index in [-0.39, 0.29) is 12.1 Å². The van der Waals surface area contributed by atoms with E-state index < -0.39 is 0 Å². The molecule has 0 bridgehead atoms. The van der Waals surface area contributed by atoms with Gasteiger partial charge < -0.3 is 15.4 Å². The third-order valence-corrected chi connectivity index (χ3v) is 5.07. The highest BCUT2D eigenvalue weighted by molar-refractivity contribution is 5.77. The normalized spacial score (nSPS) is 16.9. The number of ether oxygens (including phenoxy) is 1. The van der Waals surface area contributed by atoms with Gasteiger partial charge in [0.15, 0.2) is 0 Å². The number of rotatable bonds is 5. The summed E-state index contributed by atoms with van der Waals surface area (Å²) in [5, 5.41) is 8.41. The molecule has 8 heteroatoms. The highest BCUT2D eigenvalue weighted by Crippen LogP contribution is 2.31. The van der Waals surface area contributed by atoms with E-state index in [0.717, 1.165) is 28.7 Å². The van der Waals surface area contributed by atoms with Crippen molar-refractivity contribution in [1.29, 1.82) is 0 Å². The molecule has 1 saturated heterocycles. The van der Waals surface area contributed by atoms with Gasteiger partial charge in [-0.15, -0.1) is 5.10 Å². The summed E-state index contributed by atoms with van der Waals surface area (Å²) >= 11 is 0. The zero-order valence-electron chi connectivity index (χ0n) is 16.5. The van der Waals surface area contributed by atoms with Crippen LogP contribution in [0.2, 0.25) is 0 Å². The number of benzene rings is 1. The zero-order chi connectivity index (χ0) is 20.4. The van der Waals surface area contributed by atoms with Crippen LogP contribution in [0.3, 0.4) is 0 Å². The number of carbonyl (C=O) groups is 1. The predicted molar refractivity (Wildman–Crippen MR) is 110 cm³/mol. The van der Waals surface area contributed by atoms with Crippen molar-refractivity contribution in [2.75, 3.05) is 25.4 Å². The van der Waals surface area contributed by atoms with Crippen molar-refractivity contribution in [3.63, 3.8) is 0 Å². The Hall–Kier alpha value is -3.26. The fourth-order valence-electron chi connectivity index (χ4n) is 3.38. The lowest BCUT2D eigenvalue weighted by molar-refractivity contribution is -0.125. The molecule has 29 heavy (non-hydrogen) atoms. The summed E-state index contributed by atoms with van der Waals surface area (Å²) in [4.78, 5) is 17.2. The fourth-order valence-corrected chi connectivity index (χ4v) is 3.38. The highest BCUT2D eigenvalue weighted by atomic mass is 16.5. The number of nitrogen functional groups attached to an aromatic ring is 1. The van der Waals surface area contributed by atoms with Crippen molar-refractivity contribution in [3.8, 4) is 22.4 Å². The van der Waals surface area contributed by atoms with E-state index in [4.69, 9.17) is 10.5 Å². The minimum absolute atomic E-state index is 0.138. The lowest BCUT2D eigenvalue weighted by atomic mass is 9.99. The molecular weight excluding hydrogens is 368 g/mol. The molecule has 0 radical (unpaired) electrons. The van der Waals surface area contributed by atoms with E-state index in [1.807, 2.05) is 44.3 Å². The van der Waals surface area contributed by atoms with Crippen LogP contribution in [0.4, 0.5) is 5.82 Å². The van der Waals surface area contributed by atoms with Crippen molar-refractivity contribution in [1.82, 2.24) is 24.9 Å². The lowest BCUT2D eigenvalue weighted by Crippen LogP contribution is -2.37. The molecule has 0 aliphatic carbocycles. The third kappa shape index (κ3) is 3.97. The van der Waals surface area contributed by atoms with Gasteiger partial charge in [0.05, 0.1) is 19.3 Å². The number of amides is 1. The molecule has 1 aliphatic rings. The van der Waals surface area contributed by atoms with Gasteiger partial charge in [0.1, 0.15) is 17.6 Å². The second-order valence-electron chi connectivity index (χ2n) is 7.42. The number of aromatic nitrogens is 4. The molecule has 1 unspecified atom stereocenters. The van der Waals surface area contributed by atoms with Gasteiger partial charge in [-0.3, -0.25) is 4.79 Å². The molecule has 0 spiro atoms. The third-order valence-electron chi connectivity index (χ3n) is 5.07. The van der Waals surface area contributed by atoms with E-state index in [2.05, 4.69) is 21.4 Å². The molecule has 1 aromatic carbocycles. The van der Waals surface area contributed by atoms with Crippen LogP contribution in [0.25, 0.3) is 22.4 Å². The first-order valence-corrected chi connectivity index (χ1v) is 9.64. The van der Waals surface area contributed by atoms with Gasteiger partial charge in [-0.1, -0.05) is 23.4 Å².